The van der Waals surface area contributed by atoms with Gasteiger partial charge >= 0.3 is 5.97 Å². The lowest BCUT2D eigenvalue weighted by atomic mass is 9.72. The minimum Gasteiger partial charge on any atom is -0.462 e. The Balaban J connectivity index is 1.73. The van der Waals surface area contributed by atoms with Crippen molar-refractivity contribution in [3.63, 3.8) is 0 Å². The molecule has 1 aliphatic carbocycles. The first kappa shape index (κ1) is 22.8. The average Bonchev–Trinajstić information content (AvgIpc) is 3.09. The highest BCUT2D eigenvalue weighted by molar-refractivity contribution is 7.93. The number of carbonyl (C=O) groups is 1. The van der Waals surface area contributed by atoms with Crippen LogP contribution in [0.3, 0.4) is 0 Å². The van der Waals surface area contributed by atoms with E-state index in [4.69, 9.17) is 4.74 Å². The number of benzene rings is 2. The molecule has 7 heteroatoms. The van der Waals surface area contributed by atoms with Gasteiger partial charge in [-0.2, -0.15) is 0 Å². The van der Waals surface area contributed by atoms with Crippen LogP contribution < -0.4 is 4.72 Å². The maximum atomic E-state index is 13.3. The molecule has 170 valence electrons. The van der Waals surface area contributed by atoms with E-state index in [0.29, 0.717) is 16.5 Å². The molecule has 1 unspecified atom stereocenters. The summed E-state index contributed by atoms with van der Waals surface area (Å²) in [5.74, 6) is 0.0176. The Hall–Kier alpha value is -2.38. The lowest BCUT2D eigenvalue weighted by molar-refractivity contribution is 0.0526. The molecule has 0 bridgehead atoms. The van der Waals surface area contributed by atoms with Gasteiger partial charge in [0.25, 0.3) is 10.0 Å². The van der Waals surface area contributed by atoms with E-state index in [1.807, 2.05) is 24.3 Å². The fourth-order valence-electron chi connectivity index (χ4n) is 4.33. The molecular weight excluding hydrogens is 442 g/mol. The predicted molar refractivity (Wildman–Crippen MR) is 130 cm³/mol. The van der Waals surface area contributed by atoms with Gasteiger partial charge in [-0.05, 0) is 66.0 Å². The second-order valence-corrected chi connectivity index (χ2v) is 12.1. The molecule has 0 aliphatic heterocycles. The molecule has 1 N–H and O–H groups in total. The Morgan fingerprint density at radius 3 is 2.56 bits per heavy atom. The average molecular weight is 472 g/mol. The summed E-state index contributed by atoms with van der Waals surface area (Å²) >= 11 is 1.37. The highest BCUT2D eigenvalue weighted by Gasteiger charge is 2.35. The van der Waals surface area contributed by atoms with Gasteiger partial charge in [0, 0.05) is 4.88 Å². The van der Waals surface area contributed by atoms with Crippen LogP contribution in [0.25, 0.3) is 10.8 Å². The quantitative estimate of drug-likeness (QED) is 0.461. The Morgan fingerprint density at radius 2 is 1.88 bits per heavy atom. The Kier molecular flexibility index (Phi) is 6.07. The van der Waals surface area contributed by atoms with Crippen LogP contribution in [0.2, 0.25) is 0 Å². The monoisotopic (exact) mass is 471 g/mol. The minimum atomic E-state index is -3.86. The van der Waals surface area contributed by atoms with Gasteiger partial charge in [-0.3, -0.25) is 4.72 Å². The van der Waals surface area contributed by atoms with Crippen molar-refractivity contribution in [2.75, 3.05) is 11.3 Å². The lowest BCUT2D eigenvalue weighted by Crippen LogP contribution is -2.26. The minimum absolute atomic E-state index is 0.149. The maximum Gasteiger partial charge on any atom is 0.341 e. The van der Waals surface area contributed by atoms with E-state index < -0.39 is 16.0 Å². The summed E-state index contributed by atoms with van der Waals surface area (Å²) in [5.41, 5.74) is 1.46. The van der Waals surface area contributed by atoms with Gasteiger partial charge in [-0.25, -0.2) is 13.2 Å². The molecule has 4 rings (SSSR count). The van der Waals surface area contributed by atoms with Crippen LogP contribution in [-0.4, -0.2) is 21.0 Å². The third-order valence-electron chi connectivity index (χ3n) is 6.23. The molecule has 0 spiro atoms. The number of nitrogens with one attached hydrogen (secondary N) is 1. The van der Waals surface area contributed by atoms with Crippen molar-refractivity contribution in [3.8, 4) is 0 Å². The SMILES string of the molecule is CCOC(=O)c1c(NS(=O)(=O)c2ccc3ccccc3c2)sc2c1CCC(C(C)(C)C)C2. The van der Waals surface area contributed by atoms with Crippen molar-refractivity contribution in [2.24, 2.45) is 11.3 Å². The van der Waals surface area contributed by atoms with E-state index in [9.17, 15) is 13.2 Å². The van der Waals surface area contributed by atoms with Crippen molar-refractivity contribution >= 4 is 43.1 Å². The van der Waals surface area contributed by atoms with Gasteiger partial charge in [0.15, 0.2) is 0 Å². The summed E-state index contributed by atoms with van der Waals surface area (Å²) in [6.07, 6.45) is 2.56. The zero-order valence-corrected chi connectivity index (χ0v) is 20.5. The van der Waals surface area contributed by atoms with Crippen LogP contribution in [0.4, 0.5) is 5.00 Å². The van der Waals surface area contributed by atoms with Crippen LogP contribution in [0, 0.1) is 11.3 Å². The first-order chi connectivity index (χ1) is 15.1. The van der Waals surface area contributed by atoms with E-state index in [-0.39, 0.29) is 16.9 Å². The van der Waals surface area contributed by atoms with Crippen molar-refractivity contribution in [3.05, 3.63) is 58.5 Å². The van der Waals surface area contributed by atoms with Gasteiger partial charge in [0.05, 0.1) is 17.1 Å². The Bertz CT molecular complexity index is 1270. The van der Waals surface area contributed by atoms with Crippen molar-refractivity contribution in [1.82, 2.24) is 0 Å². The van der Waals surface area contributed by atoms with Crippen LogP contribution in [0.1, 0.15) is 54.9 Å². The summed E-state index contributed by atoms with van der Waals surface area (Å²) < 4.78 is 34.5. The van der Waals surface area contributed by atoms with Gasteiger partial charge in [0.2, 0.25) is 0 Å². The molecule has 1 aromatic heterocycles. The number of sulfonamides is 1. The molecule has 1 heterocycles. The number of carbonyl (C=O) groups excluding carboxylic acids is 1. The molecule has 5 nitrogen and oxygen atoms in total. The number of esters is 1. The molecule has 0 amide bonds. The van der Waals surface area contributed by atoms with Gasteiger partial charge < -0.3 is 4.74 Å². The van der Waals surface area contributed by atoms with Crippen molar-refractivity contribution < 1.29 is 17.9 Å². The van der Waals surface area contributed by atoms with Gasteiger partial charge in [-0.15, -0.1) is 11.3 Å². The molecule has 1 aliphatic rings. The van der Waals surface area contributed by atoms with Gasteiger partial charge in [0.1, 0.15) is 5.00 Å². The van der Waals surface area contributed by atoms with Crippen LogP contribution in [0.5, 0.6) is 0 Å². The number of hydrogen-bond acceptors (Lipinski definition) is 5. The highest BCUT2D eigenvalue weighted by Crippen LogP contribution is 2.45. The smallest absolute Gasteiger partial charge is 0.341 e. The first-order valence-corrected chi connectivity index (χ1v) is 13.2. The number of thiophene rings is 1. The molecule has 0 saturated carbocycles. The van der Waals surface area contributed by atoms with Crippen molar-refractivity contribution in [2.45, 2.75) is 51.9 Å². The molecule has 3 aromatic rings. The van der Waals surface area contributed by atoms with E-state index in [1.165, 1.54) is 11.3 Å². The summed E-state index contributed by atoms with van der Waals surface area (Å²) in [7, 11) is -3.86. The summed E-state index contributed by atoms with van der Waals surface area (Å²) in [5, 5.41) is 2.18. The Labute approximate surface area is 193 Å². The summed E-state index contributed by atoms with van der Waals surface area (Å²) in [4.78, 5) is 14.1. The number of anilines is 1. The molecule has 0 saturated heterocycles. The number of rotatable bonds is 5. The molecule has 1 atom stereocenters. The van der Waals surface area contributed by atoms with Gasteiger partial charge in [-0.1, -0.05) is 51.1 Å². The largest absolute Gasteiger partial charge is 0.462 e. The molecule has 0 fully saturated rings. The number of ether oxygens (including phenoxy) is 1. The maximum absolute atomic E-state index is 13.3. The normalized spacial score (nSPS) is 16.6. The van der Waals surface area contributed by atoms with Crippen molar-refractivity contribution in [1.29, 1.82) is 0 Å². The molecule has 0 radical (unpaired) electrons. The molecule has 2 aromatic carbocycles. The third-order valence-corrected chi connectivity index (χ3v) is 8.87. The zero-order valence-electron chi connectivity index (χ0n) is 18.9. The molecular formula is C25H29NO4S2. The zero-order chi connectivity index (χ0) is 23.1. The predicted octanol–water partition coefficient (Wildman–Crippen LogP) is 6.03. The fraction of sp³-hybridized carbons (Fsp3) is 0.400. The lowest BCUT2D eigenvalue weighted by Gasteiger charge is -2.33. The number of hydrogen-bond donors (Lipinski definition) is 1. The second kappa shape index (κ2) is 8.52. The first-order valence-electron chi connectivity index (χ1n) is 10.9. The van der Waals surface area contributed by atoms with Crippen LogP contribution in [-0.2, 0) is 27.6 Å². The van der Waals surface area contributed by atoms with E-state index >= 15 is 0 Å². The fourth-order valence-corrected chi connectivity index (χ4v) is 6.99. The van der Waals surface area contributed by atoms with E-state index in [0.717, 1.165) is 40.5 Å². The van der Waals surface area contributed by atoms with E-state index in [2.05, 4.69) is 25.5 Å². The second-order valence-electron chi connectivity index (χ2n) is 9.35. The third kappa shape index (κ3) is 4.41. The van der Waals surface area contributed by atoms with E-state index in [1.54, 1.807) is 25.1 Å². The number of fused-ring (bicyclic) bond motifs is 2. The molecule has 32 heavy (non-hydrogen) atoms. The highest BCUT2D eigenvalue weighted by atomic mass is 32.2. The standard InChI is InChI=1S/C25H29NO4S2/c1-5-30-24(27)22-20-13-11-18(25(2,3)4)15-21(20)31-23(22)26-32(28,29)19-12-10-16-8-6-7-9-17(16)14-19/h6-10,12,14,18,26H,5,11,13,15H2,1-4H3. The summed E-state index contributed by atoms with van der Waals surface area (Å²) in [6, 6.07) is 12.7. The Morgan fingerprint density at radius 1 is 1.16 bits per heavy atom. The van der Waals surface area contributed by atoms with Crippen LogP contribution in [0.15, 0.2) is 47.4 Å². The van der Waals surface area contributed by atoms with Crippen LogP contribution >= 0.6 is 11.3 Å². The topological polar surface area (TPSA) is 72.5 Å². The summed E-state index contributed by atoms with van der Waals surface area (Å²) in [6.45, 7) is 8.68.